The summed E-state index contributed by atoms with van der Waals surface area (Å²) in [6.07, 6.45) is 0.507. The first-order valence-electron chi connectivity index (χ1n) is 6.65. The van der Waals surface area contributed by atoms with Crippen LogP contribution >= 0.6 is 0 Å². The lowest BCUT2D eigenvalue weighted by Crippen LogP contribution is -2.06. The van der Waals surface area contributed by atoms with Crippen molar-refractivity contribution >= 4 is 0 Å². The summed E-state index contributed by atoms with van der Waals surface area (Å²) in [6, 6.07) is 15.6. The average Bonchev–Trinajstić information content (AvgIpc) is 2.52. The Morgan fingerprint density at radius 3 is 2.71 bits per heavy atom. The number of para-hydroxylation sites is 1. The number of methoxy groups -OCH3 is 1. The standard InChI is InChI=1S/C17H16FNO2/c1-20-17-8-3-2-7-16(17)13(12-19)9-10-21-15-6-4-5-14(18)11-15/h2-8,11,13H,9-10H2,1H3. The van der Waals surface area contributed by atoms with Crippen LogP contribution in [0.25, 0.3) is 0 Å². The molecule has 0 aromatic heterocycles. The van der Waals surface area contributed by atoms with Crippen LogP contribution in [0, 0.1) is 17.1 Å². The van der Waals surface area contributed by atoms with Gasteiger partial charge in [0.2, 0.25) is 0 Å². The fourth-order valence-corrected chi connectivity index (χ4v) is 2.10. The minimum absolute atomic E-state index is 0.324. The van der Waals surface area contributed by atoms with Crippen LogP contribution in [0.5, 0.6) is 11.5 Å². The van der Waals surface area contributed by atoms with E-state index >= 15 is 0 Å². The molecular formula is C17H16FNO2. The highest BCUT2D eigenvalue weighted by Crippen LogP contribution is 2.28. The van der Waals surface area contributed by atoms with Crippen molar-refractivity contribution in [2.24, 2.45) is 0 Å². The molecule has 0 N–H and O–H groups in total. The molecule has 0 saturated heterocycles. The van der Waals surface area contributed by atoms with Crippen LogP contribution in [0.1, 0.15) is 17.9 Å². The van der Waals surface area contributed by atoms with Crippen LogP contribution in [0.3, 0.4) is 0 Å². The fourth-order valence-electron chi connectivity index (χ4n) is 2.10. The molecule has 108 valence electrons. The molecule has 0 aliphatic rings. The van der Waals surface area contributed by atoms with Crippen molar-refractivity contribution in [3.8, 4) is 17.6 Å². The molecule has 0 heterocycles. The Kier molecular flexibility index (Phi) is 5.16. The second kappa shape index (κ2) is 7.30. The average molecular weight is 285 g/mol. The SMILES string of the molecule is COc1ccccc1C(C#N)CCOc1cccc(F)c1. The van der Waals surface area contributed by atoms with Crippen LogP contribution < -0.4 is 9.47 Å². The highest BCUT2D eigenvalue weighted by molar-refractivity contribution is 5.39. The Balaban J connectivity index is 1.99. The lowest BCUT2D eigenvalue weighted by Gasteiger charge is -2.14. The van der Waals surface area contributed by atoms with E-state index in [1.54, 1.807) is 19.2 Å². The van der Waals surface area contributed by atoms with Gasteiger partial charge in [-0.2, -0.15) is 5.26 Å². The minimum atomic E-state index is -0.339. The van der Waals surface area contributed by atoms with Crippen LogP contribution in [0.2, 0.25) is 0 Å². The number of nitriles is 1. The lowest BCUT2D eigenvalue weighted by atomic mass is 9.97. The molecule has 0 fully saturated rings. The van der Waals surface area contributed by atoms with E-state index in [9.17, 15) is 9.65 Å². The van der Waals surface area contributed by atoms with Gasteiger partial charge in [-0.3, -0.25) is 0 Å². The van der Waals surface area contributed by atoms with Gasteiger partial charge in [-0.25, -0.2) is 4.39 Å². The van der Waals surface area contributed by atoms with Gasteiger partial charge >= 0.3 is 0 Å². The summed E-state index contributed by atoms with van der Waals surface area (Å²) in [7, 11) is 1.58. The molecule has 0 saturated carbocycles. The smallest absolute Gasteiger partial charge is 0.126 e. The number of halogens is 1. The van der Waals surface area contributed by atoms with Crippen molar-refractivity contribution < 1.29 is 13.9 Å². The van der Waals surface area contributed by atoms with E-state index in [-0.39, 0.29) is 11.7 Å². The molecule has 2 aromatic carbocycles. The molecule has 0 aliphatic heterocycles. The van der Waals surface area contributed by atoms with E-state index in [2.05, 4.69) is 6.07 Å². The van der Waals surface area contributed by atoms with Crippen LogP contribution in [-0.2, 0) is 0 Å². The van der Waals surface area contributed by atoms with Gasteiger partial charge in [0.25, 0.3) is 0 Å². The van der Waals surface area contributed by atoms with Crippen molar-refractivity contribution in [3.63, 3.8) is 0 Å². The second-order valence-electron chi connectivity index (χ2n) is 4.52. The summed E-state index contributed by atoms with van der Waals surface area (Å²) in [6.45, 7) is 0.333. The Bertz CT molecular complexity index is 637. The number of benzene rings is 2. The van der Waals surface area contributed by atoms with Gasteiger partial charge in [-0.1, -0.05) is 24.3 Å². The molecule has 0 amide bonds. The summed E-state index contributed by atoms with van der Waals surface area (Å²) in [5.74, 6) is 0.491. The van der Waals surface area contributed by atoms with E-state index in [1.807, 2.05) is 24.3 Å². The Morgan fingerprint density at radius 2 is 2.00 bits per heavy atom. The number of nitrogens with zero attached hydrogens (tertiary/aromatic N) is 1. The normalized spacial score (nSPS) is 11.5. The van der Waals surface area contributed by atoms with E-state index < -0.39 is 0 Å². The van der Waals surface area contributed by atoms with Crippen LogP contribution in [0.15, 0.2) is 48.5 Å². The maximum Gasteiger partial charge on any atom is 0.126 e. The molecule has 2 aromatic rings. The maximum absolute atomic E-state index is 13.0. The summed E-state index contributed by atoms with van der Waals surface area (Å²) < 4.78 is 23.8. The second-order valence-corrected chi connectivity index (χ2v) is 4.52. The monoisotopic (exact) mass is 285 g/mol. The number of ether oxygens (including phenoxy) is 2. The summed E-state index contributed by atoms with van der Waals surface area (Å²) in [4.78, 5) is 0. The van der Waals surface area contributed by atoms with Crippen molar-refractivity contribution in [1.29, 1.82) is 5.26 Å². The number of rotatable bonds is 6. The van der Waals surface area contributed by atoms with Crippen LogP contribution in [0.4, 0.5) is 4.39 Å². The van der Waals surface area contributed by atoms with Gasteiger partial charge < -0.3 is 9.47 Å². The molecule has 0 bridgehead atoms. The van der Waals surface area contributed by atoms with Crippen molar-refractivity contribution in [2.75, 3.05) is 13.7 Å². The molecule has 4 heteroatoms. The third-order valence-corrected chi connectivity index (χ3v) is 3.14. The summed E-state index contributed by atoms with van der Waals surface area (Å²) >= 11 is 0. The van der Waals surface area contributed by atoms with Crippen molar-refractivity contribution in [3.05, 3.63) is 59.9 Å². The molecule has 21 heavy (non-hydrogen) atoms. The maximum atomic E-state index is 13.0. The largest absolute Gasteiger partial charge is 0.496 e. The van der Waals surface area contributed by atoms with Gasteiger partial charge in [0.15, 0.2) is 0 Å². The topological polar surface area (TPSA) is 42.2 Å². The lowest BCUT2D eigenvalue weighted by molar-refractivity contribution is 0.303. The van der Waals surface area contributed by atoms with Gasteiger partial charge in [0.05, 0.1) is 25.7 Å². The molecule has 1 unspecified atom stereocenters. The Hall–Kier alpha value is -2.54. The molecule has 0 aliphatic carbocycles. The van der Waals surface area contributed by atoms with Gasteiger partial charge in [-0.15, -0.1) is 0 Å². The predicted octanol–water partition coefficient (Wildman–Crippen LogP) is 3.91. The third-order valence-electron chi connectivity index (χ3n) is 3.14. The molecule has 3 nitrogen and oxygen atoms in total. The molecule has 0 radical (unpaired) electrons. The zero-order valence-corrected chi connectivity index (χ0v) is 11.8. The molecule has 1 atom stereocenters. The van der Waals surface area contributed by atoms with E-state index in [4.69, 9.17) is 9.47 Å². The van der Waals surface area contributed by atoms with Crippen molar-refractivity contribution in [2.45, 2.75) is 12.3 Å². The zero-order valence-electron chi connectivity index (χ0n) is 11.8. The third kappa shape index (κ3) is 3.96. The summed E-state index contributed by atoms with van der Waals surface area (Å²) in [5, 5.41) is 9.32. The zero-order chi connectivity index (χ0) is 15.1. The van der Waals surface area contributed by atoms with Gasteiger partial charge in [0.1, 0.15) is 17.3 Å². The molecule has 0 spiro atoms. The highest BCUT2D eigenvalue weighted by Gasteiger charge is 2.15. The van der Waals surface area contributed by atoms with Crippen molar-refractivity contribution in [1.82, 2.24) is 0 Å². The Morgan fingerprint density at radius 1 is 1.19 bits per heavy atom. The first kappa shape index (κ1) is 14.9. The van der Waals surface area contributed by atoms with Gasteiger partial charge in [-0.05, 0) is 18.2 Å². The van der Waals surface area contributed by atoms with Crippen LogP contribution in [-0.4, -0.2) is 13.7 Å². The van der Waals surface area contributed by atoms with E-state index in [0.717, 1.165) is 5.56 Å². The number of hydrogen-bond acceptors (Lipinski definition) is 3. The first-order valence-corrected chi connectivity index (χ1v) is 6.65. The summed E-state index contributed by atoms with van der Waals surface area (Å²) in [5.41, 5.74) is 0.838. The Labute approximate surface area is 123 Å². The molecule has 2 rings (SSSR count). The minimum Gasteiger partial charge on any atom is -0.496 e. The predicted molar refractivity (Wildman–Crippen MR) is 77.9 cm³/mol. The van der Waals surface area contributed by atoms with Gasteiger partial charge in [0, 0.05) is 18.1 Å². The quantitative estimate of drug-likeness (QED) is 0.808. The molecular weight excluding hydrogens is 269 g/mol. The fraction of sp³-hybridized carbons (Fsp3) is 0.235. The van der Waals surface area contributed by atoms with E-state index in [0.29, 0.717) is 24.5 Å². The van der Waals surface area contributed by atoms with E-state index in [1.165, 1.54) is 12.1 Å². The highest BCUT2D eigenvalue weighted by atomic mass is 19.1. The number of hydrogen-bond donors (Lipinski definition) is 0. The first-order chi connectivity index (χ1) is 10.2.